The number of hydrogen-bond donors (Lipinski definition) is 3. The lowest BCUT2D eigenvalue weighted by molar-refractivity contribution is 0.245. The van der Waals surface area contributed by atoms with Crippen molar-refractivity contribution in [3.05, 3.63) is 35.7 Å². The third-order valence-electron chi connectivity index (χ3n) is 2.79. The lowest BCUT2D eigenvalue weighted by Gasteiger charge is -2.07. The first-order chi connectivity index (χ1) is 9.60. The first-order valence-corrected chi connectivity index (χ1v) is 6.30. The maximum absolute atomic E-state index is 11.5. The summed E-state index contributed by atoms with van der Waals surface area (Å²) in [5.74, 6) is 1.30. The number of aliphatic hydroxyl groups excluding tert-OH is 1. The van der Waals surface area contributed by atoms with Gasteiger partial charge >= 0.3 is 6.03 Å². The summed E-state index contributed by atoms with van der Waals surface area (Å²) in [6.45, 7) is 3.86. The van der Waals surface area contributed by atoms with Gasteiger partial charge in [0.1, 0.15) is 5.76 Å². The van der Waals surface area contributed by atoms with Gasteiger partial charge in [0, 0.05) is 17.8 Å². The van der Waals surface area contributed by atoms with Crippen LogP contribution in [0.3, 0.4) is 0 Å². The number of amides is 2. The highest BCUT2D eigenvalue weighted by atomic mass is 16.4. The lowest BCUT2D eigenvalue weighted by Crippen LogP contribution is -2.30. The van der Waals surface area contributed by atoms with Gasteiger partial charge in [0.25, 0.3) is 0 Å². The number of carbonyl (C=O) groups is 1. The number of rotatable bonds is 4. The van der Waals surface area contributed by atoms with E-state index in [1.807, 2.05) is 26.0 Å². The smallest absolute Gasteiger partial charge is 0.319 e. The number of benzene rings is 1. The Hall–Kier alpha value is -2.34. The molecule has 20 heavy (non-hydrogen) atoms. The van der Waals surface area contributed by atoms with Crippen molar-refractivity contribution >= 4 is 11.7 Å². The van der Waals surface area contributed by atoms with Crippen LogP contribution >= 0.6 is 0 Å². The molecular formula is C14H17N3O3. The van der Waals surface area contributed by atoms with Crippen molar-refractivity contribution in [3.8, 4) is 11.5 Å². The topological polar surface area (TPSA) is 87.4 Å². The van der Waals surface area contributed by atoms with Crippen LogP contribution in [-0.4, -0.2) is 29.3 Å². The first kappa shape index (κ1) is 14.1. The maximum atomic E-state index is 11.5. The zero-order valence-corrected chi connectivity index (χ0v) is 11.4. The number of urea groups is 1. The quantitative estimate of drug-likeness (QED) is 0.797. The molecule has 3 N–H and O–H groups in total. The van der Waals surface area contributed by atoms with Crippen LogP contribution in [0.25, 0.3) is 11.5 Å². The highest BCUT2D eigenvalue weighted by Crippen LogP contribution is 2.23. The minimum atomic E-state index is -0.365. The van der Waals surface area contributed by atoms with Gasteiger partial charge in [-0.3, -0.25) is 0 Å². The van der Waals surface area contributed by atoms with E-state index < -0.39 is 0 Å². The van der Waals surface area contributed by atoms with Crippen LogP contribution < -0.4 is 10.6 Å². The number of aromatic nitrogens is 1. The molecule has 0 spiro atoms. The minimum absolute atomic E-state index is 0.0949. The molecule has 6 nitrogen and oxygen atoms in total. The molecule has 0 aliphatic rings. The third-order valence-corrected chi connectivity index (χ3v) is 2.79. The summed E-state index contributed by atoms with van der Waals surface area (Å²) < 4.78 is 5.55. The van der Waals surface area contributed by atoms with Crippen molar-refractivity contribution in [2.45, 2.75) is 13.8 Å². The molecule has 0 aliphatic heterocycles. The van der Waals surface area contributed by atoms with Crippen LogP contribution in [-0.2, 0) is 0 Å². The summed E-state index contributed by atoms with van der Waals surface area (Å²) in [5.41, 5.74) is 2.27. The molecule has 0 atom stereocenters. The minimum Gasteiger partial charge on any atom is -0.441 e. The van der Waals surface area contributed by atoms with Gasteiger partial charge in [0.2, 0.25) is 5.89 Å². The molecule has 0 saturated carbocycles. The van der Waals surface area contributed by atoms with E-state index in [1.165, 1.54) is 0 Å². The summed E-state index contributed by atoms with van der Waals surface area (Å²) in [5, 5.41) is 13.8. The van der Waals surface area contributed by atoms with Crippen molar-refractivity contribution in [1.29, 1.82) is 0 Å². The highest BCUT2D eigenvalue weighted by molar-refractivity contribution is 5.89. The van der Waals surface area contributed by atoms with Crippen LogP contribution in [0.4, 0.5) is 10.5 Å². The zero-order valence-electron chi connectivity index (χ0n) is 11.4. The predicted molar refractivity (Wildman–Crippen MR) is 75.5 cm³/mol. The Kier molecular flexibility index (Phi) is 4.37. The SMILES string of the molecule is Cc1nc(-c2cccc(NC(=O)NCCO)c2)oc1C. The molecule has 106 valence electrons. The number of nitrogens with one attached hydrogen (secondary N) is 2. The second kappa shape index (κ2) is 6.21. The summed E-state index contributed by atoms with van der Waals surface area (Å²) in [7, 11) is 0. The molecule has 2 rings (SSSR count). The van der Waals surface area contributed by atoms with Gasteiger partial charge in [0.05, 0.1) is 12.3 Å². The van der Waals surface area contributed by atoms with Crippen LogP contribution in [0.15, 0.2) is 28.7 Å². The Labute approximate surface area is 116 Å². The Morgan fingerprint density at radius 2 is 2.20 bits per heavy atom. The van der Waals surface area contributed by atoms with E-state index in [0.717, 1.165) is 17.0 Å². The molecule has 2 aromatic rings. The number of oxazole rings is 1. The monoisotopic (exact) mass is 275 g/mol. The van der Waals surface area contributed by atoms with Crippen molar-refractivity contribution in [3.63, 3.8) is 0 Å². The molecule has 0 fully saturated rings. The van der Waals surface area contributed by atoms with Crippen LogP contribution in [0, 0.1) is 13.8 Å². The second-order valence-corrected chi connectivity index (χ2v) is 4.35. The van der Waals surface area contributed by atoms with Gasteiger partial charge in [-0.25, -0.2) is 9.78 Å². The van der Waals surface area contributed by atoms with E-state index in [-0.39, 0.29) is 19.2 Å². The number of anilines is 1. The van der Waals surface area contributed by atoms with Gasteiger partial charge in [-0.1, -0.05) is 6.07 Å². The van der Waals surface area contributed by atoms with E-state index in [0.29, 0.717) is 11.6 Å². The summed E-state index contributed by atoms with van der Waals surface area (Å²) in [6.07, 6.45) is 0. The summed E-state index contributed by atoms with van der Waals surface area (Å²) >= 11 is 0. The maximum Gasteiger partial charge on any atom is 0.319 e. The molecule has 6 heteroatoms. The van der Waals surface area contributed by atoms with Crippen LogP contribution in [0.2, 0.25) is 0 Å². The van der Waals surface area contributed by atoms with E-state index in [1.54, 1.807) is 12.1 Å². The molecule has 0 saturated heterocycles. The van der Waals surface area contributed by atoms with Crippen molar-refractivity contribution < 1.29 is 14.3 Å². The molecule has 1 heterocycles. The fraction of sp³-hybridized carbons (Fsp3) is 0.286. The Morgan fingerprint density at radius 1 is 1.40 bits per heavy atom. The normalized spacial score (nSPS) is 10.3. The highest BCUT2D eigenvalue weighted by Gasteiger charge is 2.09. The van der Waals surface area contributed by atoms with E-state index in [2.05, 4.69) is 15.6 Å². The van der Waals surface area contributed by atoms with E-state index >= 15 is 0 Å². The molecule has 1 aromatic heterocycles. The average molecular weight is 275 g/mol. The van der Waals surface area contributed by atoms with Crippen LogP contribution in [0.1, 0.15) is 11.5 Å². The van der Waals surface area contributed by atoms with Crippen molar-refractivity contribution in [1.82, 2.24) is 10.3 Å². The molecule has 0 bridgehead atoms. The van der Waals surface area contributed by atoms with Crippen molar-refractivity contribution in [2.24, 2.45) is 0 Å². The number of nitrogens with zero attached hydrogens (tertiary/aromatic N) is 1. The number of hydrogen-bond acceptors (Lipinski definition) is 4. The molecule has 0 radical (unpaired) electrons. The largest absolute Gasteiger partial charge is 0.441 e. The average Bonchev–Trinajstić information content (AvgIpc) is 2.77. The molecule has 2 amide bonds. The van der Waals surface area contributed by atoms with Crippen molar-refractivity contribution in [2.75, 3.05) is 18.5 Å². The molecule has 0 aliphatic carbocycles. The predicted octanol–water partition coefficient (Wildman–Crippen LogP) is 2.07. The van der Waals surface area contributed by atoms with Gasteiger partial charge < -0.3 is 20.2 Å². The standard InChI is InChI=1S/C14H17N3O3/c1-9-10(2)20-13(16-9)11-4-3-5-12(8-11)17-14(19)15-6-7-18/h3-5,8,18H,6-7H2,1-2H3,(H2,15,17,19). The Bertz CT molecular complexity index is 588. The third kappa shape index (κ3) is 3.36. The summed E-state index contributed by atoms with van der Waals surface area (Å²) in [4.78, 5) is 15.8. The van der Waals surface area contributed by atoms with Crippen LogP contribution in [0.5, 0.6) is 0 Å². The molecular weight excluding hydrogens is 258 g/mol. The summed E-state index contributed by atoms with van der Waals surface area (Å²) in [6, 6.07) is 6.86. The number of aliphatic hydroxyl groups is 1. The molecule has 1 aromatic carbocycles. The number of aryl methyl sites for hydroxylation is 2. The zero-order chi connectivity index (χ0) is 14.5. The second-order valence-electron chi connectivity index (χ2n) is 4.35. The molecule has 0 unspecified atom stereocenters. The Balaban J connectivity index is 2.13. The fourth-order valence-electron chi connectivity index (χ4n) is 1.67. The van der Waals surface area contributed by atoms with Gasteiger partial charge in [-0.05, 0) is 32.0 Å². The van der Waals surface area contributed by atoms with Gasteiger partial charge in [-0.2, -0.15) is 0 Å². The fourth-order valence-corrected chi connectivity index (χ4v) is 1.67. The first-order valence-electron chi connectivity index (χ1n) is 6.30. The van der Waals surface area contributed by atoms with E-state index in [9.17, 15) is 4.79 Å². The van der Waals surface area contributed by atoms with Gasteiger partial charge in [0.15, 0.2) is 0 Å². The number of carbonyl (C=O) groups excluding carboxylic acids is 1. The lowest BCUT2D eigenvalue weighted by atomic mass is 10.2. The van der Waals surface area contributed by atoms with Gasteiger partial charge in [-0.15, -0.1) is 0 Å². The Morgan fingerprint density at radius 3 is 2.85 bits per heavy atom. The van der Waals surface area contributed by atoms with E-state index in [4.69, 9.17) is 9.52 Å².